The first-order chi connectivity index (χ1) is 12.1. The van der Waals surface area contributed by atoms with Gasteiger partial charge in [-0.25, -0.2) is 0 Å². The number of fused-ring (bicyclic) bond motifs is 2. The summed E-state index contributed by atoms with van der Waals surface area (Å²) in [5.74, 6) is -0.252. The van der Waals surface area contributed by atoms with Gasteiger partial charge in [0.1, 0.15) is 18.0 Å². The fourth-order valence-corrected chi connectivity index (χ4v) is 3.74. The van der Waals surface area contributed by atoms with Gasteiger partial charge in [0.15, 0.2) is 6.29 Å². The molecule has 1 aromatic rings. The first-order valence-corrected chi connectivity index (χ1v) is 8.55. The number of carbonyl (C=O) groups excluding carboxylic acids is 1. The van der Waals surface area contributed by atoms with E-state index in [1.807, 2.05) is 24.3 Å². The van der Waals surface area contributed by atoms with Crippen LogP contribution in [0.5, 0.6) is 5.75 Å². The lowest BCUT2D eigenvalue weighted by Crippen LogP contribution is -2.53. The van der Waals surface area contributed by atoms with E-state index in [4.69, 9.17) is 23.7 Å². The number of ether oxygens (including phenoxy) is 5. The Balaban J connectivity index is 1.45. The summed E-state index contributed by atoms with van der Waals surface area (Å²) in [6, 6.07) is 7.38. The SMILES string of the molecule is CCOC(=O)C1[C@@H]2[C@@H](O)[C@@H]3O[C@H](c4ccc(OC)cc4)OC[C@H]3O[C@H]12. The maximum absolute atomic E-state index is 12.0. The molecule has 2 aliphatic heterocycles. The highest BCUT2D eigenvalue weighted by Crippen LogP contribution is 2.52. The van der Waals surface area contributed by atoms with Crippen LogP contribution in [0.3, 0.4) is 0 Å². The van der Waals surface area contributed by atoms with Crippen molar-refractivity contribution in [3.63, 3.8) is 0 Å². The van der Waals surface area contributed by atoms with Crippen molar-refractivity contribution in [3.05, 3.63) is 29.8 Å². The molecule has 2 saturated heterocycles. The van der Waals surface area contributed by atoms with Crippen LogP contribution in [0, 0.1) is 11.8 Å². The summed E-state index contributed by atoms with van der Waals surface area (Å²) >= 11 is 0. The number of benzene rings is 1. The number of esters is 1. The molecular weight excluding hydrogens is 328 g/mol. The molecular formula is C18H22O7. The zero-order valence-corrected chi connectivity index (χ0v) is 14.2. The second-order valence-corrected chi connectivity index (χ2v) is 6.52. The molecule has 1 aromatic carbocycles. The minimum absolute atomic E-state index is 0.269. The van der Waals surface area contributed by atoms with Crippen LogP contribution in [0.15, 0.2) is 24.3 Å². The second-order valence-electron chi connectivity index (χ2n) is 6.52. The third-order valence-corrected chi connectivity index (χ3v) is 5.08. The summed E-state index contributed by atoms with van der Waals surface area (Å²) in [6.07, 6.45) is -2.57. The van der Waals surface area contributed by atoms with E-state index in [1.54, 1.807) is 14.0 Å². The summed E-state index contributed by atoms with van der Waals surface area (Å²) in [5.41, 5.74) is 0.839. The summed E-state index contributed by atoms with van der Waals surface area (Å²) < 4.78 is 27.8. The van der Waals surface area contributed by atoms with E-state index in [0.717, 1.165) is 11.3 Å². The van der Waals surface area contributed by atoms with Crippen molar-refractivity contribution in [1.82, 2.24) is 0 Å². The molecule has 2 heterocycles. The van der Waals surface area contributed by atoms with E-state index in [9.17, 15) is 9.90 Å². The normalized spacial score (nSPS) is 39.1. The Hall–Kier alpha value is -1.67. The van der Waals surface area contributed by atoms with Gasteiger partial charge in [-0.05, 0) is 19.1 Å². The van der Waals surface area contributed by atoms with Crippen molar-refractivity contribution in [2.75, 3.05) is 20.3 Å². The summed E-state index contributed by atoms with van der Waals surface area (Å²) in [7, 11) is 1.61. The molecule has 1 unspecified atom stereocenters. The van der Waals surface area contributed by atoms with E-state index >= 15 is 0 Å². The van der Waals surface area contributed by atoms with Crippen molar-refractivity contribution < 1.29 is 33.6 Å². The molecule has 136 valence electrons. The van der Waals surface area contributed by atoms with Crippen molar-refractivity contribution in [2.45, 2.75) is 37.6 Å². The lowest BCUT2D eigenvalue weighted by Gasteiger charge is -2.41. The molecule has 0 spiro atoms. The maximum Gasteiger partial charge on any atom is 0.312 e. The molecule has 1 N–H and O–H groups in total. The van der Waals surface area contributed by atoms with Crippen LogP contribution in [0.1, 0.15) is 18.8 Å². The van der Waals surface area contributed by atoms with Crippen LogP contribution in [-0.4, -0.2) is 55.8 Å². The number of aliphatic hydroxyl groups is 1. The van der Waals surface area contributed by atoms with E-state index in [-0.39, 0.29) is 24.1 Å². The molecule has 0 amide bonds. The Kier molecular flexibility index (Phi) is 4.41. The van der Waals surface area contributed by atoms with Crippen molar-refractivity contribution in [3.8, 4) is 5.75 Å². The highest BCUT2D eigenvalue weighted by molar-refractivity contribution is 5.77. The van der Waals surface area contributed by atoms with Crippen molar-refractivity contribution >= 4 is 5.97 Å². The summed E-state index contributed by atoms with van der Waals surface area (Å²) in [6.45, 7) is 2.38. The predicted octanol–water partition coefficient (Wildman–Crippen LogP) is 1.05. The molecule has 0 aromatic heterocycles. The van der Waals surface area contributed by atoms with Crippen molar-refractivity contribution in [2.24, 2.45) is 11.8 Å². The van der Waals surface area contributed by atoms with Crippen LogP contribution in [0.25, 0.3) is 0 Å². The first-order valence-electron chi connectivity index (χ1n) is 8.55. The molecule has 4 rings (SSSR count). The van der Waals surface area contributed by atoms with Gasteiger partial charge in [0.05, 0.1) is 38.4 Å². The Bertz CT molecular complexity index is 631. The van der Waals surface area contributed by atoms with Gasteiger partial charge in [0.25, 0.3) is 0 Å². The third kappa shape index (κ3) is 2.91. The fraction of sp³-hybridized carbons (Fsp3) is 0.611. The zero-order chi connectivity index (χ0) is 17.6. The van der Waals surface area contributed by atoms with Gasteiger partial charge < -0.3 is 28.8 Å². The Morgan fingerprint density at radius 3 is 2.68 bits per heavy atom. The molecule has 7 heteroatoms. The minimum Gasteiger partial charge on any atom is -0.497 e. The third-order valence-electron chi connectivity index (χ3n) is 5.08. The Morgan fingerprint density at radius 2 is 2.00 bits per heavy atom. The average Bonchev–Trinajstić information content (AvgIpc) is 3.36. The highest BCUT2D eigenvalue weighted by Gasteiger charge is 2.67. The van der Waals surface area contributed by atoms with Crippen LogP contribution >= 0.6 is 0 Å². The number of rotatable bonds is 4. The highest BCUT2D eigenvalue weighted by atomic mass is 16.7. The number of aliphatic hydroxyl groups excluding tert-OH is 1. The molecule has 7 nitrogen and oxygen atoms in total. The van der Waals surface area contributed by atoms with Gasteiger partial charge >= 0.3 is 5.97 Å². The van der Waals surface area contributed by atoms with Gasteiger partial charge in [-0.3, -0.25) is 4.79 Å². The van der Waals surface area contributed by atoms with Crippen LogP contribution < -0.4 is 4.74 Å². The summed E-state index contributed by atoms with van der Waals surface area (Å²) in [4.78, 5) is 12.0. The smallest absolute Gasteiger partial charge is 0.312 e. The molecule has 0 radical (unpaired) electrons. The van der Waals surface area contributed by atoms with E-state index in [2.05, 4.69) is 0 Å². The average molecular weight is 350 g/mol. The molecule has 3 aliphatic rings. The Labute approximate surface area is 145 Å². The standard InChI is InChI=1S/C18H22O7/c1-3-22-17(20)13-12-14(19)15-11(24-16(12)13)8-23-18(25-15)9-4-6-10(21-2)7-5-9/h4-7,11-16,18-19H,3,8H2,1-2H3/t11-,12-,13?,14-,15-,16+,18-/m1/s1. The predicted molar refractivity (Wildman–Crippen MR) is 84.8 cm³/mol. The molecule has 25 heavy (non-hydrogen) atoms. The van der Waals surface area contributed by atoms with Crippen LogP contribution in [0.2, 0.25) is 0 Å². The van der Waals surface area contributed by atoms with Gasteiger partial charge in [-0.2, -0.15) is 0 Å². The minimum atomic E-state index is -0.775. The topological polar surface area (TPSA) is 83.5 Å². The van der Waals surface area contributed by atoms with Gasteiger partial charge in [-0.15, -0.1) is 0 Å². The lowest BCUT2D eigenvalue weighted by atomic mass is 9.99. The second kappa shape index (κ2) is 6.57. The summed E-state index contributed by atoms with van der Waals surface area (Å²) in [5, 5.41) is 10.7. The van der Waals surface area contributed by atoms with Crippen LogP contribution in [0.4, 0.5) is 0 Å². The van der Waals surface area contributed by atoms with Gasteiger partial charge in [0.2, 0.25) is 0 Å². The molecule has 1 saturated carbocycles. The Morgan fingerprint density at radius 1 is 1.24 bits per heavy atom. The van der Waals surface area contributed by atoms with Crippen molar-refractivity contribution in [1.29, 1.82) is 0 Å². The van der Waals surface area contributed by atoms with Gasteiger partial charge in [-0.1, -0.05) is 12.1 Å². The molecule has 3 fully saturated rings. The zero-order valence-electron chi connectivity index (χ0n) is 14.2. The molecule has 1 aliphatic carbocycles. The first kappa shape index (κ1) is 16.8. The number of hydrogen-bond donors (Lipinski definition) is 1. The molecule has 7 atom stereocenters. The number of hydrogen-bond acceptors (Lipinski definition) is 7. The number of carbonyl (C=O) groups is 1. The maximum atomic E-state index is 12.0. The molecule has 0 bridgehead atoms. The van der Waals surface area contributed by atoms with E-state index in [1.165, 1.54) is 0 Å². The van der Waals surface area contributed by atoms with Gasteiger partial charge in [0, 0.05) is 11.5 Å². The monoisotopic (exact) mass is 350 g/mol. The fourth-order valence-electron chi connectivity index (χ4n) is 3.74. The number of methoxy groups -OCH3 is 1. The lowest BCUT2D eigenvalue weighted by molar-refractivity contribution is -0.300. The van der Waals surface area contributed by atoms with E-state index < -0.39 is 24.4 Å². The quantitative estimate of drug-likeness (QED) is 0.813. The largest absolute Gasteiger partial charge is 0.497 e. The van der Waals surface area contributed by atoms with E-state index in [0.29, 0.717) is 13.2 Å². The van der Waals surface area contributed by atoms with Crippen LogP contribution in [-0.2, 0) is 23.7 Å².